The van der Waals surface area contributed by atoms with Gasteiger partial charge in [-0.3, -0.25) is 0 Å². The second-order valence-corrected chi connectivity index (χ2v) is 2.07. The molecule has 1 aromatic rings. The van der Waals surface area contributed by atoms with Gasteiger partial charge in [0.15, 0.2) is 5.82 Å². The SMILES string of the molecule is C1=CONC(c2ncc[nH]2)=C1. The number of nitrogens with one attached hydrogen (secondary N) is 2. The zero-order valence-corrected chi connectivity index (χ0v) is 5.74. The number of hydrogen-bond acceptors (Lipinski definition) is 3. The van der Waals surface area contributed by atoms with E-state index < -0.39 is 0 Å². The van der Waals surface area contributed by atoms with Crippen molar-refractivity contribution in [1.29, 1.82) is 0 Å². The van der Waals surface area contributed by atoms with Gasteiger partial charge in [0.25, 0.3) is 0 Å². The Bertz CT molecular complexity index is 287. The van der Waals surface area contributed by atoms with Gasteiger partial charge < -0.3 is 9.82 Å². The lowest BCUT2D eigenvalue weighted by atomic mass is 10.4. The predicted molar refractivity (Wildman–Crippen MR) is 39.9 cm³/mol. The first kappa shape index (κ1) is 6.03. The van der Waals surface area contributed by atoms with E-state index >= 15 is 0 Å². The van der Waals surface area contributed by atoms with Crippen LogP contribution in [0.4, 0.5) is 0 Å². The maximum absolute atomic E-state index is 4.85. The number of nitrogens with zero attached hydrogens (tertiary/aromatic N) is 1. The minimum absolute atomic E-state index is 0.773. The van der Waals surface area contributed by atoms with Gasteiger partial charge in [0, 0.05) is 12.4 Å². The minimum atomic E-state index is 0.773. The maximum Gasteiger partial charge on any atom is 0.156 e. The largest absolute Gasteiger partial charge is 0.390 e. The van der Waals surface area contributed by atoms with E-state index in [-0.39, 0.29) is 0 Å². The number of aromatic amines is 1. The summed E-state index contributed by atoms with van der Waals surface area (Å²) >= 11 is 0. The molecule has 2 rings (SSSR count). The van der Waals surface area contributed by atoms with Gasteiger partial charge in [-0.05, 0) is 12.2 Å². The Morgan fingerprint density at radius 2 is 2.45 bits per heavy atom. The van der Waals surface area contributed by atoms with Crippen LogP contribution in [-0.4, -0.2) is 9.97 Å². The molecule has 0 unspecified atom stereocenters. The minimum Gasteiger partial charge on any atom is -0.390 e. The monoisotopic (exact) mass is 149 g/mol. The molecule has 0 amide bonds. The Hall–Kier alpha value is -1.71. The van der Waals surface area contributed by atoms with Crippen molar-refractivity contribution in [3.8, 4) is 0 Å². The second kappa shape index (κ2) is 2.49. The van der Waals surface area contributed by atoms with E-state index in [4.69, 9.17) is 4.84 Å². The molecule has 0 spiro atoms. The number of rotatable bonds is 1. The van der Waals surface area contributed by atoms with Gasteiger partial charge >= 0.3 is 0 Å². The smallest absolute Gasteiger partial charge is 0.156 e. The Morgan fingerprint density at radius 3 is 3.09 bits per heavy atom. The summed E-state index contributed by atoms with van der Waals surface area (Å²) < 4.78 is 0. The summed E-state index contributed by atoms with van der Waals surface area (Å²) in [5.74, 6) is 0.773. The van der Waals surface area contributed by atoms with E-state index in [0.29, 0.717) is 0 Å². The van der Waals surface area contributed by atoms with Crippen LogP contribution < -0.4 is 5.48 Å². The molecular formula is C7H7N3O. The van der Waals surface area contributed by atoms with E-state index in [0.717, 1.165) is 11.5 Å². The van der Waals surface area contributed by atoms with Gasteiger partial charge in [-0.25, -0.2) is 10.5 Å². The van der Waals surface area contributed by atoms with E-state index in [1.54, 1.807) is 24.7 Å². The number of hydroxylamine groups is 1. The van der Waals surface area contributed by atoms with Crippen LogP contribution in [0.3, 0.4) is 0 Å². The van der Waals surface area contributed by atoms with Crippen LogP contribution in [0.2, 0.25) is 0 Å². The average molecular weight is 149 g/mol. The van der Waals surface area contributed by atoms with E-state index in [1.807, 2.05) is 6.08 Å². The second-order valence-electron chi connectivity index (χ2n) is 2.07. The first-order valence-corrected chi connectivity index (χ1v) is 3.25. The van der Waals surface area contributed by atoms with Crippen molar-refractivity contribution in [1.82, 2.24) is 15.4 Å². The van der Waals surface area contributed by atoms with Crippen molar-refractivity contribution in [2.24, 2.45) is 0 Å². The topological polar surface area (TPSA) is 49.9 Å². The van der Waals surface area contributed by atoms with Crippen LogP contribution in [0.25, 0.3) is 5.70 Å². The Labute approximate surface area is 63.6 Å². The highest BCUT2D eigenvalue weighted by Gasteiger charge is 2.03. The first-order chi connectivity index (χ1) is 5.47. The summed E-state index contributed by atoms with van der Waals surface area (Å²) in [7, 11) is 0. The van der Waals surface area contributed by atoms with Crippen LogP contribution >= 0.6 is 0 Å². The third-order valence-corrected chi connectivity index (χ3v) is 1.33. The summed E-state index contributed by atoms with van der Waals surface area (Å²) in [4.78, 5) is 11.8. The maximum atomic E-state index is 4.85. The van der Waals surface area contributed by atoms with Gasteiger partial charge in [0.05, 0.1) is 0 Å². The van der Waals surface area contributed by atoms with Crippen molar-refractivity contribution in [2.75, 3.05) is 0 Å². The normalized spacial score (nSPS) is 15.1. The van der Waals surface area contributed by atoms with Crippen molar-refractivity contribution in [3.05, 3.63) is 36.6 Å². The van der Waals surface area contributed by atoms with Crippen molar-refractivity contribution in [3.63, 3.8) is 0 Å². The fourth-order valence-corrected chi connectivity index (χ4v) is 0.846. The molecule has 0 bridgehead atoms. The number of hydrogen-bond donors (Lipinski definition) is 2. The zero-order chi connectivity index (χ0) is 7.52. The molecule has 1 aliphatic rings. The van der Waals surface area contributed by atoms with Gasteiger partial charge in [-0.15, -0.1) is 0 Å². The number of imidazole rings is 1. The highest BCUT2D eigenvalue weighted by Crippen LogP contribution is 2.07. The Kier molecular flexibility index (Phi) is 1.37. The molecule has 56 valence electrons. The summed E-state index contributed by atoms with van der Waals surface area (Å²) in [6.45, 7) is 0. The molecule has 0 saturated carbocycles. The molecule has 0 radical (unpaired) electrons. The fraction of sp³-hybridized carbons (Fsp3) is 0. The molecule has 1 aliphatic heterocycles. The lowest BCUT2D eigenvalue weighted by Gasteiger charge is -2.08. The summed E-state index contributed by atoms with van der Waals surface area (Å²) in [6.07, 6.45) is 8.69. The molecule has 0 atom stereocenters. The highest BCUT2D eigenvalue weighted by atomic mass is 16.6. The molecular weight excluding hydrogens is 142 g/mol. The molecule has 0 fully saturated rings. The number of H-pyrrole nitrogens is 1. The highest BCUT2D eigenvalue weighted by molar-refractivity contribution is 5.59. The van der Waals surface area contributed by atoms with Crippen molar-refractivity contribution < 1.29 is 4.84 Å². The Balaban J connectivity index is 2.29. The van der Waals surface area contributed by atoms with E-state index in [9.17, 15) is 0 Å². The molecule has 0 aliphatic carbocycles. The standard InChI is InChI=1S/C7H7N3O/c1-2-6(10-11-5-1)7-8-3-4-9-7/h1-5,10H,(H,8,9). The molecule has 2 heterocycles. The molecule has 4 nitrogen and oxygen atoms in total. The number of aromatic nitrogens is 2. The van der Waals surface area contributed by atoms with Crippen LogP contribution in [0.15, 0.2) is 30.8 Å². The predicted octanol–water partition coefficient (Wildman–Crippen LogP) is 0.799. The zero-order valence-electron chi connectivity index (χ0n) is 5.74. The summed E-state index contributed by atoms with van der Waals surface area (Å²) in [5, 5.41) is 0. The van der Waals surface area contributed by atoms with Crippen molar-refractivity contribution >= 4 is 5.70 Å². The average Bonchev–Trinajstić information content (AvgIpc) is 2.58. The van der Waals surface area contributed by atoms with Crippen LogP contribution in [-0.2, 0) is 4.84 Å². The molecule has 11 heavy (non-hydrogen) atoms. The van der Waals surface area contributed by atoms with Gasteiger partial charge in [-0.2, -0.15) is 0 Å². The lowest BCUT2D eigenvalue weighted by Crippen LogP contribution is -2.12. The van der Waals surface area contributed by atoms with Crippen LogP contribution in [0.5, 0.6) is 0 Å². The van der Waals surface area contributed by atoms with Crippen LogP contribution in [0, 0.1) is 0 Å². The van der Waals surface area contributed by atoms with Gasteiger partial charge in [0.2, 0.25) is 0 Å². The van der Waals surface area contributed by atoms with E-state index in [1.165, 1.54) is 0 Å². The Morgan fingerprint density at radius 1 is 1.45 bits per heavy atom. The van der Waals surface area contributed by atoms with E-state index in [2.05, 4.69) is 15.4 Å². The quantitative estimate of drug-likeness (QED) is 0.621. The van der Waals surface area contributed by atoms with Crippen molar-refractivity contribution in [2.45, 2.75) is 0 Å². The summed E-state index contributed by atoms with van der Waals surface area (Å²) in [5.41, 5.74) is 3.53. The van der Waals surface area contributed by atoms with Gasteiger partial charge in [0.1, 0.15) is 12.0 Å². The first-order valence-electron chi connectivity index (χ1n) is 3.25. The number of allylic oxidation sites excluding steroid dienone is 2. The third kappa shape index (κ3) is 1.10. The molecule has 1 aromatic heterocycles. The summed E-state index contributed by atoms with van der Waals surface area (Å²) in [6, 6.07) is 0. The lowest BCUT2D eigenvalue weighted by molar-refractivity contribution is 0.181. The molecule has 2 N–H and O–H groups in total. The van der Waals surface area contributed by atoms with Gasteiger partial charge in [-0.1, -0.05) is 0 Å². The fourth-order valence-electron chi connectivity index (χ4n) is 0.846. The molecule has 0 saturated heterocycles. The molecule has 4 heteroatoms. The van der Waals surface area contributed by atoms with Crippen LogP contribution in [0.1, 0.15) is 5.82 Å². The molecule has 0 aromatic carbocycles. The third-order valence-electron chi connectivity index (χ3n) is 1.33.